The molecule has 1 saturated heterocycles. The van der Waals surface area contributed by atoms with Crippen LogP contribution in [0.5, 0.6) is 0 Å². The van der Waals surface area contributed by atoms with E-state index in [-0.39, 0.29) is 17.6 Å². The lowest BCUT2D eigenvalue weighted by atomic mass is 9.70. The van der Waals surface area contributed by atoms with Crippen molar-refractivity contribution in [3.05, 3.63) is 35.4 Å². The van der Waals surface area contributed by atoms with Crippen molar-refractivity contribution < 1.29 is 28.2 Å². The van der Waals surface area contributed by atoms with Crippen molar-refractivity contribution >= 4 is 11.9 Å². The Morgan fingerprint density at radius 1 is 1.19 bits per heavy atom. The summed E-state index contributed by atoms with van der Waals surface area (Å²) in [6, 6.07) is 1.71. The molecule has 1 aromatic carbocycles. The number of carboxylic acid groups (broad SMARTS) is 1. The molecule has 7 heteroatoms. The van der Waals surface area contributed by atoms with Gasteiger partial charge in [0.25, 0.3) is 5.91 Å². The summed E-state index contributed by atoms with van der Waals surface area (Å²) in [6.07, 6.45) is 2.65. The predicted molar refractivity (Wildman–Crippen MR) is 94.0 cm³/mol. The molecule has 1 aliphatic carbocycles. The van der Waals surface area contributed by atoms with Gasteiger partial charge in [-0.2, -0.15) is 0 Å². The second-order valence-corrected chi connectivity index (χ2v) is 8.56. The van der Waals surface area contributed by atoms with Gasteiger partial charge in [-0.3, -0.25) is 9.69 Å². The summed E-state index contributed by atoms with van der Waals surface area (Å²) in [5.74, 6) is -3.57. The second kappa shape index (κ2) is 6.86. The van der Waals surface area contributed by atoms with Crippen LogP contribution in [0.2, 0.25) is 0 Å². The molecule has 148 valence electrons. The smallest absolute Gasteiger partial charge is 0.328 e. The van der Waals surface area contributed by atoms with Gasteiger partial charge in [0.2, 0.25) is 0 Å². The summed E-state index contributed by atoms with van der Waals surface area (Å²) in [6.45, 7) is 6.38. The third-order valence-electron chi connectivity index (χ3n) is 5.92. The number of carbonyl (C=O) groups is 2. The molecule has 1 spiro atoms. The molecule has 0 bridgehead atoms. The quantitative estimate of drug-likeness (QED) is 0.846. The molecule has 1 amide bonds. The molecule has 0 aromatic heterocycles. The highest BCUT2D eigenvalue weighted by atomic mass is 19.2. The minimum atomic E-state index is -1.17. The first-order valence-electron chi connectivity index (χ1n) is 9.21. The fraction of sp³-hybridized carbons (Fsp3) is 0.600. The van der Waals surface area contributed by atoms with Crippen molar-refractivity contribution in [2.45, 2.75) is 58.2 Å². The molecule has 27 heavy (non-hydrogen) atoms. The van der Waals surface area contributed by atoms with Crippen LogP contribution >= 0.6 is 0 Å². The van der Waals surface area contributed by atoms with E-state index in [9.17, 15) is 23.5 Å². The van der Waals surface area contributed by atoms with Crippen molar-refractivity contribution in [3.63, 3.8) is 0 Å². The standard InChI is InChI=1S/C20H25F2NO4/c1-19(2,3)13-6-8-20(9-7-13)23(16(11-27-20)18(25)26)17(24)12-4-5-14(21)15(22)10-12/h4-5,10,13,16H,6-9,11H2,1-3H3,(H,25,26). The lowest BCUT2D eigenvalue weighted by molar-refractivity contribution is -0.144. The summed E-state index contributed by atoms with van der Waals surface area (Å²) in [7, 11) is 0. The van der Waals surface area contributed by atoms with E-state index in [1.165, 1.54) is 11.0 Å². The highest BCUT2D eigenvalue weighted by Crippen LogP contribution is 2.47. The van der Waals surface area contributed by atoms with Gasteiger partial charge in [-0.1, -0.05) is 20.8 Å². The zero-order chi connectivity index (χ0) is 20.0. The fourth-order valence-electron chi connectivity index (χ4n) is 4.26. The number of benzene rings is 1. The van der Waals surface area contributed by atoms with E-state index in [2.05, 4.69) is 20.8 Å². The number of amides is 1. The van der Waals surface area contributed by atoms with Gasteiger partial charge < -0.3 is 9.84 Å². The lowest BCUT2D eigenvalue weighted by Crippen LogP contribution is -2.55. The highest BCUT2D eigenvalue weighted by Gasteiger charge is 2.54. The normalized spacial score (nSPS) is 28.6. The fourth-order valence-corrected chi connectivity index (χ4v) is 4.26. The maximum atomic E-state index is 13.6. The summed E-state index contributed by atoms with van der Waals surface area (Å²) < 4.78 is 32.7. The maximum Gasteiger partial charge on any atom is 0.328 e. The number of carboxylic acids is 1. The first-order chi connectivity index (χ1) is 12.5. The van der Waals surface area contributed by atoms with Crippen LogP contribution in [0.1, 0.15) is 56.8 Å². The van der Waals surface area contributed by atoms with Crippen LogP contribution in [0.4, 0.5) is 8.78 Å². The summed E-state index contributed by atoms with van der Waals surface area (Å²) >= 11 is 0. The molecular formula is C20H25F2NO4. The lowest BCUT2D eigenvalue weighted by Gasteiger charge is -2.46. The van der Waals surface area contributed by atoms with Crippen molar-refractivity contribution in [2.75, 3.05) is 6.61 Å². The highest BCUT2D eigenvalue weighted by molar-refractivity contribution is 5.97. The van der Waals surface area contributed by atoms with E-state index in [1.807, 2.05) is 0 Å². The van der Waals surface area contributed by atoms with Crippen molar-refractivity contribution in [3.8, 4) is 0 Å². The van der Waals surface area contributed by atoms with Gasteiger partial charge in [0.05, 0.1) is 6.61 Å². The van der Waals surface area contributed by atoms with Gasteiger partial charge in [0.15, 0.2) is 17.7 Å². The Labute approximate surface area is 157 Å². The summed E-state index contributed by atoms with van der Waals surface area (Å²) in [5.41, 5.74) is -0.975. The van der Waals surface area contributed by atoms with Crippen LogP contribution in [0.15, 0.2) is 18.2 Å². The van der Waals surface area contributed by atoms with Crippen LogP contribution in [0.3, 0.4) is 0 Å². The Morgan fingerprint density at radius 3 is 2.33 bits per heavy atom. The molecule has 1 aliphatic heterocycles. The zero-order valence-corrected chi connectivity index (χ0v) is 15.8. The summed E-state index contributed by atoms with van der Waals surface area (Å²) in [4.78, 5) is 26.0. The summed E-state index contributed by atoms with van der Waals surface area (Å²) in [5, 5.41) is 9.57. The van der Waals surface area contributed by atoms with Crippen LogP contribution in [-0.2, 0) is 9.53 Å². The van der Waals surface area contributed by atoms with Gasteiger partial charge in [-0.05, 0) is 55.2 Å². The third-order valence-corrected chi connectivity index (χ3v) is 5.92. The second-order valence-electron chi connectivity index (χ2n) is 8.56. The number of rotatable bonds is 2. The SMILES string of the molecule is CC(C)(C)C1CCC2(CC1)OCC(C(=O)O)N2C(=O)c1ccc(F)c(F)c1. The molecule has 5 nitrogen and oxygen atoms in total. The third kappa shape index (κ3) is 3.57. The molecule has 1 unspecified atom stereocenters. The number of ether oxygens (including phenoxy) is 1. The molecule has 1 aromatic rings. The van der Waals surface area contributed by atoms with E-state index in [1.54, 1.807) is 0 Å². The Morgan fingerprint density at radius 2 is 1.81 bits per heavy atom. The molecule has 3 rings (SSSR count). The molecule has 0 radical (unpaired) electrons. The van der Waals surface area contributed by atoms with Crippen LogP contribution in [0.25, 0.3) is 0 Å². The first kappa shape index (κ1) is 19.7. The monoisotopic (exact) mass is 381 g/mol. The molecule has 1 heterocycles. The molecule has 1 N–H and O–H groups in total. The number of hydrogen-bond acceptors (Lipinski definition) is 3. The maximum absolute atomic E-state index is 13.6. The average molecular weight is 381 g/mol. The number of halogens is 2. The molecular weight excluding hydrogens is 356 g/mol. The molecule has 1 atom stereocenters. The Bertz CT molecular complexity index is 751. The van der Waals surface area contributed by atoms with Crippen LogP contribution in [0, 0.1) is 23.0 Å². The largest absolute Gasteiger partial charge is 0.480 e. The van der Waals surface area contributed by atoms with Gasteiger partial charge >= 0.3 is 5.97 Å². The number of nitrogens with zero attached hydrogens (tertiary/aromatic N) is 1. The number of aliphatic carboxylic acids is 1. The minimum Gasteiger partial charge on any atom is -0.480 e. The Balaban J connectivity index is 1.91. The van der Waals surface area contributed by atoms with Gasteiger partial charge in [0.1, 0.15) is 5.72 Å². The average Bonchev–Trinajstić information content (AvgIpc) is 2.95. The minimum absolute atomic E-state index is 0.0806. The van der Waals surface area contributed by atoms with Crippen LogP contribution < -0.4 is 0 Å². The molecule has 2 fully saturated rings. The molecule has 2 aliphatic rings. The Kier molecular flexibility index (Phi) is 5.01. The van der Waals surface area contributed by atoms with E-state index >= 15 is 0 Å². The Hall–Kier alpha value is -2.02. The predicted octanol–water partition coefficient (Wildman–Crippen LogP) is 3.82. The first-order valence-corrected chi connectivity index (χ1v) is 9.21. The zero-order valence-electron chi connectivity index (χ0n) is 15.8. The van der Waals surface area contributed by atoms with Crippen molar-refractivity contribution in [2.24, 2.45) is 11.3 Å². The van der Waals surface area contributed by atoms with E-state index in [0.29, 0.717) is 18.8 Å². The van der Waals surface area contributed by atoms with Gasteiger partial charge in [0, 0.05) is 5.56 Å². The molecule has 1 saturated carbocycles. The van der Waals surface area contributed by atoms with E-state index < -0.39 is 35.3 Å². The van der Waals surface area contributed by atoms with E-state index in [0.717, 1.165) is 25.0 Å². The van der Waals surface area contributed by atoms with Crippen LogP contribution in [-0.4, -0.2) is 40.3 Å². The van der Waals surface area contributed by atoms with Gasteiger partial charge in [-0.25, -0.2) is 13.6 Å². The number of carbonyl (C=O) groups excluding carboxylic acids is 1. The van der Waals surface area contributed by atoms with Crippen molar-refractivity contribution in [1.29, 1.82) is 0 Å². The van der Waals surface area contributed by atoms with Gasteiger partial charge in [-0.15, -0.1) is 0 Å². The number of hydrogen-bond donors (Lipinski definition) is 1. The van der Waals surface area contributed by atoms with E-state index in [4.69, 9.17) is 4.74 Å². The topological polar surface area (TPSA) is 66.8 Å². The van der Waals surface area contributed by atoms with Crippen molar-refractivity contribution in [1.82, 2.24) is 4.90 Å².